The van der Waals surface area contributed by atoms with Crippen LogP contribution in [0.1, 0.15) is 25.7 Å². The fourth-order valence-corrected chi connectivity index (χ4v) is 4.79. The number of rotatable bonds is 6. The summed E-state index contributed by atoms with van der Waals surface area (Å²) in [4.78, 5) is 6.61. The first-order chi connectivity index (χ1) is 13.7. The minimum absolute atomic E-state index is 0.674. The Labute approximate surface area is 175 Å². The second-order valence-electron chi connectivity index (χ2n) is 7.12. The summed E-state index contributed by atoms with van der Waals surface area (Å²) in [5, 5.41) is 10.6. The van der Waals surface area contributed by atoms with E-state index in [1.165, 1.54) is 32.2 Å². The van der Waals surface area contributed by atoms with E-state index in [1.54, 1.807) is 24.2 Å². The Morgan fingerprint density at radius 3 is 2.61 bits per heavy atom. The molecule has 1 saturated heterocycles. The molecule has 1 fully saturated rings. The predicted octanol–water partition coefficient (Wildman–Crippen LogP) is 4.95. The zero-order valence-electron chi connectivity index (χ0n) is 16.0. The summed E-state index contributed by atoms with van der Waals surface area (Å²) >= 11 is 7.87. The third-order valence-electron chi connectivity index (χ3n) is 5.26. The summed E-state index contributed by atoms with van der Waals surface area (Å²) in [5.41, 5.74) is 2.01. The zero-order valence-corrected chi connectivity index (χ0v) is 17.5. The van der Waals surface area contributed by atoms with Gasteiger partial charge in [0.1, 0.15) is 0 Å². The van der Waals surface area contributed by atoms with Gasteiger partial charge in [-0.3, -0.25) is 9.55 Å². The van der Waals surface area contributed by atoms with E-state index < -0.39 is 0 Å². The van der Waals surface area contributed by atoms with Gasteiger partial charge in [-0.1, -0.05) is 29.8 Å². The molecule has 7 heteroatoms. The van der Waals surface area contributed by atoms with Gasteiger partial charge >= 0.3 is 0 Å². The van der Waals surface area contributed by atoms with Crippen molar-refractivity contribution in [2.45, 2.75) is 36.9 Å². The molecule has 1 aliphatic heterocycles. The van der Waals surface area contributed by atoms with E-state index in [0.29, 0.717) is 6.04 Å². The molecule has 0 radical (unpaired) electrons. The molecule has 4 rings (SSSR count). The Morgan fingerprint density at radius 2 is 1.86 bits per heavy atom. The van der Waals surface area contributed by atoms with Crippen LogP contribution in [0.15, 0.2) is 53.9 Å². The molecule has 1 aromatic carbocycles. The van der Waals surface area contributed by atoms with Crippen molar-refractivity contribution < 1.29 is 0 Å². The van der Waals surface area contributed by atoms with Crippen LogP contribution in [-0.4, -0.2) is 50.0 Å². The van der Waals surface area contributed by atoms with E-state index in [1.807, 2.05) is 36.4 Å². The Morgan fingerprint density at radius 1 is 1.07 bits per heavy atom. The van der Waals surface area contributed by atoms with E-state index in [-0.39, 0.29) is 0 Å². The molecular formula is C21H24ClN5S. The summed E-state index contributed by atoms with van der Waals surface area (Å²) in [6.07, 6.45) is 8.68. The van der Waals surface area contributed by atoms with Gasteiger partial charge in [0.2, 0.25) is 0 Å². The Hall–Kier alpha value is -1.89. The van der Waals surface area contributed by atoms with Crippen molar-refractivity contribution >= 4 is 23.4 Å². The van der Waals surface area contributed by atoms with Crippen LogP contribution in [-0.2, 0) is 0 Å². The smallest absolute Gasteiger partial charge is 0.196 e. The average Bonchev–Trinajstić information content (AvgIpc) is 3.14. The van der Waals surface area contributed by atoms with Crippen LogP contribution in [0.2, 0.25) is 5.02 Å². The summed E-state index contributed by atoms with van der Waals surface area (Å²) in [7, 11) is 2.24. The highest BCUT2D eigenvalue weighted by molar-refractivity contribution is 7.99. The van der Waals surface area contributed by atoms with Crippen LogP contribution < -0.4 is 0 Å². The predicted molar refractivity (Wildman–Crippen MR) is 115 cm³/mol. The molecule has 1 atom stereocenters. The van der Waals surface area contributed by atoms with Crippen molar-refractivity contribution in [2.24, 2.45) is 0 Å². The molecular weight excluding hydrogens is 390 g/mol. The number of hydrogen-bond donors (Lipinski definition) is 0. The molecule has 0 N–H and O–H groups in total. The number of halogens is 1. The highest BCUT2D eigenvalue weighted by atomic mass is 35.5. The quantitative estimate of drug-likeness (QED) is 0.535. The lowest BCUT2D eigenvalue weighted by molar-refractivity contribution is 0.182. The Balaban J connectivity index is 1.58. The average molecular weight is 414 g/mol. The molecule has 3 aromatic rings. The topological polar surface area (TPSA) is 46.8 Å². The van der Waals surface area contributed by atoms with Crippen LogP contribution in [0.5, 0.6) is 0 Å². The third kappa shape index (κ3) is 4.40. The largest absolute Gasteiger partial charge is 0.303 e. The van der Waals surface area contributed by atoms with Gasteiger partial charge in [-0.05, 0) is 69.3 Å². The second-order valence-corrected chi connectivity index (χ2v) is 8.62. The molecule has 146 valence electrons. The maximum Gasteiger partial charge on any atom is 0.196 e. The number of nitrogens with zero attached hydrogens (tertiary/aromatic N) is 5. The summed E-state index contributed by atoms with van der Waals surface area (Å²) in [5.74, 6) is 1.85. The fraction of sp³-hybridized carbons (Fsp3) is 0.381. The lowest BCUT2D eigenvalue weighted by Gasteiger charge is -2.32. The van der Waals surface area contributed by atoms with Crippen molar-refractivity contribution in [3.05, 3.63) is 53.8 Å². The molecule has 28 heavy (non-hydrogen) atoms. The van der Waals surface area contributed by atoms with Crippen LogP contribution >= 0.6 is 23.4 Å². The molecule has 3 heterocycles. The molecule has 0 spiro atoms. The molecule has 2 aromatic heterocycles. The van der Waals surface area contributed by atoms with Gasteiger partial charge in [-0.15, -0.1) is 10.2 Å². The van der Waals surface area contributed by atoms with Gasteiger partial charge in [-0.25, -0.2) is 0 Å². The maximum atomic E-state index is 6.09. The number of benzene rings is 1. The number of piperidine rings is 1. The van der Waals surface area contributed by atoms with Crippen molar-refractivity contribution in [3.63, 3.8) is 0 Å². The molecule has 0 aliphatic carbocycles. The van der Waals surface area contributed by atoms with Gasteiger partial charge in [0.05, 0.1) is 0 Å². The summed E-state index contributed by atoms with van der Waals surface area (Å²) < 4.78 is 2.11. The molecule has 1 aliphatic rings. The zero-order chi connectivity index (χ0) is 19.3. The van der Waals surface area contributed by atoms with Gasteiger partial charge in [0.25, 0.3) is 0 Å². The monoisotopic (exact) mass is 413 g/mol. The molecule has 0 bridgehead atoms. The molecule has 5 nitrogen and oxygen atoms in total. The SMILES string of the molecule is CN1CCCCC1CCSc1nnc(-c2ccncc2)n1-c1ccc(Cl)cc1. The van der Waals surface area contributed by atoms with Gasteiger partial charge < -0.3 is 4.90 Å². The lowest BCUT2D eigenvalue weighted by atomic mass is 10.0. The van der Waals surface area contributed by atoms with Crippen molar-refractivity contribution in [1.29, 1.82) is 0 Å². The van der Waals surface area contributed by atoms with E-state index in [0.717, 1.165) is 33.0 Å². The first kappa shape index (κ1) is 19.4. The number of likely N-dealkylation sites (tertiary alicyclic amines) is 1. The number of aromatic nitrogens is 4. The normalized spacial score (nSPS) is 17.7. The van der Waals surface area contributed by atoms with Crippen LogP contribution in [0, 0.1) is 0 Å². The van der Waals surface area contributed by atoms with Crippen molar-refractivity contribution in [3.8, 4) is 17.1 Å². The van der Waals surface area contributed by atoms with Gasteiger partial charge in [0, 0.05) is 40.5 Å². The van der Waals surface area contributed by atoms with Crippen LogP contribution in [0.3, 0.4) is 0 Å². The minimum Gasteiger partial charge on any atom is -0.303 e. The van der Waals surface area contributed by atoms with Crippen molar-refractivity contribution in [1.82, 2.24) is 24.6 Å². The first-order valence-electron chi connectivity index (χ1n) is 9.67. The molecule has 1 unspecified atom stereocenters. The van der Waals surface area contributed by atoms with E-state index in [2.05, 4.69) is 31.7 Å². The highest BCUT2D eigenvalue weighted by Gasteiger charge is 2.20. The van der Waals surface area contributed by atoms with E-state index >= 15 is 0 Å². The maximum absolute atomic E-state index is 6.09. The number of pyridine rings is 1. The van der Waals surface area contributed by atoms with Crippen LogP contribution in [0.25, 0.3) is 17.1 Å². The third-order valence-corrected chi connectivity index (χ3v) is 6.47. The van der Waals surface area contributed by atoms with Crippen LogP contribution in [0.4, 0.5) is 0 Å². The summed E-state index contributed by atoms with van der Waals surface area (Å²) in [6.45, 7) is 1.21. The van der Waals surface area contributed by atoms with Gasteiger partial charge in [-0.2, -0.15) is 0 Å². The molecule has 0 amide bonds. The summed E-state index contributed by atoms with van der Waals surface area (Å²) in [6, 6.07) is 12.4. The van der Waals surface area contributed by atoms with Crippen molar-refractivity contribution in [2.75, 3.05) is 19.3 Å². The van der Waals surface area contributed by atoms with E-state index in [9.17, 15) is 0 Å². The minimum atomic E-state index is 0.674. The van der Waals surface area contributed by atoms with E-state index in [4.69, 9.17) is 11.6 Å². The first-order valence-corrected chi connectivity index (χ1v) is 11.0. The standard InChI is InChI=1S/C21H24ClN5S/c1-26-14-3-2-4-18(26)11-15-28-21-25-24-20(16-9-12-23-13-10-16)27(21)19-7-5-17(22)6-8-19/h5-10,12-13,18H,2-4,11,14-15H2,1H3. The lowest BCUT2D eigenvalue weighted by Crippen LogP contribution is -2.36. The Bertz CT molecular complexity index is 897. The fourth-order valence-electron chi connectivity index (χ4n) is 3.67. The second kappa shape index (κ2) is 9.07. The Kier molecular flexibility index (Phi) is 6.29. The number of hydrogen-bond acceptors (Lipinski definition) is 5. The van der Waals surface area contributed by atoms with Gasteiger partial charge in [0.15, 0.2) is 11.0 Å². The molecule has 0 saturated carbocycles. The number of thioether (sulfide) groups is 1. The highest BCUT2D eigenvalue weighted by Crippen LogP contribution is 2.29.